The molecule has 1 aromatic heterocycles. The summed E-state index contributed by atoms with van der Waals surface area (Å²) in [6, 6.07) is 7.54. The lowest BCUT2D eigenvalue weighted by Crippen LogP contribution is -2.36. The molecule has 1 amide bonds. The standard InChI is InChI=1S/C18H23ClN4O/c1-21-9-6-20-17(21)14-22-7-3-8-23(11-10-22)18(24)13-15-4-2-5-16(19)12-15/h2,4-6,9,12H,3,7-8,10-11,13-14H2,1H3. The molecule has 24 heavy (non-hydrogen) atoms. The number of hydrogen-bond acceptors (Lipinski definition) is 3. The second kappa shape index (κ2) is 7.81. The van der Waals surface area contributed by atoms with Gasteiger partial charge in [-0.25, -0.2) is 4.98 Å². The fourth-order valence-corrected chi connectivity index (χ4v) is 3.27. The Labute approximate surface area is 147 Å². The minimum atomic E-state index is 0.177. The van der Waals surface area contributed by atoms with Crippen molar-refractivity contribution in [2.45, 2.75) is 19.4 Å². The molecule has 0 radical (unpaired) electrons. The van der Waals surface area contributed by atoms with Crippen LogP contribution in [0.1, 0.15) is 17.8 Å². The molecule has 0 saturated carbocycles. The largest absolute Gasteiger partial charge is 0.341 e. The number of hydrogen-bond donors (Lipinski definition) is 0. The third-order valence-electron chi connectivity index (χ3n) is 4.47. The summed E-state index contributed by atoms with van der Waals surface area (Å²) in [5.41, 5.74) is 0.974. The van der Waals surface area contributed by atoms with Gasteiger partial charge in [0.15, 0.2) is 0 Å². The van der Waals surface area contributed by atoms with Gasteiger partial charge in [0.1, 0.15) is 5.82 Å². The van der Waals surface area contributed by atoms with Gasteiger partial charge < -0.3 is 9.47 Å². The summed E-state index contributed by atoms with van der Waals surface area (Å²) in [5, 5.41) is 0.678. The Morgan fingerprint density at radius 2 is 2.12 bits per heavy atom. The maximum absolute atomic E-state index is 12.6. The first-order valence-corrected chi connectivity index (χ1v) is 8.70. The zero-order chi connectivity index (χ0) is 16.9. The Bertz CT molecular complexity index is 700. The zero-order valence-electron chi connectivity index (χ0n) is 14.0. The van der Waals surface area contributed by atoms with Crippen LogP contribution in [0.5, 0.6) is 0 Å². The lowest BCUT2D eigenvalue weighted by Gasteiger charge is -2.22. The maximum Gasteiger partial charge on any atom is 0.227 e. The lowest BCUT2D eigenvalue weighted by atomic mass is 10.1. The Hall–Kier alpha value is -1.85. The highest BCUT2D eigenvalue weighted by Crippen LogP contribution is 2.13. The number of imidazole rings is 1. The van der Waals surface area contributed by atoms with Crippen LogP contribution in [-0.2, 0) is 24.8 Å². The summed E-state index contributed by atoms with van der Waals surface area (Å²) in [7, 11) is 2.01. The maximum atomic E-state index is 12.6. The number of amides is 1. The van der Waals surface area contributed by atoms with Gasteiger partial charge in [-0.15, -0.1) is 0 Å². The summed E-state index contributed by atoms with van der Waals surface area (Å²) >= 11 is 6.00. The van der Waals surface area contributed by atoms with Gasteiger partial charge >= 0.3 is 0 Å². The van der Waals surface area contributed by atoms with Crippen LogP contribution in [0.2, 0.25) is 5.02 Å². The number of carbonyl (C=O) groups excluding carboxylic acids is 1. The number of nitrogens with zero attached hydrogens (tertiary/aromatic N) is 4. The van der Waals surface area contributed by atoms with Crippen molar-refractivity contribution in [3.05, 3.63) is 53.1 Å². The van der Waals surface area contributed by atoms with E-state index in [1.807, 2.05) is 53.2 Å². The molecule has 0 N–H and O–H groups in total. The lowest BCUT2D eigenvalue weighted by molar-refractivity contribution is -0.130. The van der Waals surface area contributed by atoms with Gasteiger partial charge in [0.2, 0.25) is 5.91 Å². The molecule has 1 aromatic carbocycles. The molecule has 1 aliphatic heterocycles. The Kier molecular flexibility index (Phi) is 5.53. The van der Waals surface area contributed by atoms with E-state index in [2.05, 4.69) is 9.88 Å². The number of carbonyl (C=O) groups is 1. The zero-order valence-corrected chi connectivity index (χ0v) is 14.7. The number of benzene rings is 1. The van der Waals surface area contributed by atoms with E-state index in [4.69, 9.17) is 11.6 Å². The van der Waals surface area contributed by atoms with Crippen molar-refractivity contribution in [1.82, 2.24) is 19.4 Å². The molecule has 0 aliphatic carbocycles. The first-order valence-electron chi connectivity index (χ1n) is 8.32. The molecular formula is C18H23ClN4O. The first-order chi connectivity index (χ1) is 11.6. The summed E-state index contributed by atoms with van der Waals surface area (Å²) in [4.78, 5) is 21.3. The van der Waals surface area contributed by atoms with Crippen molar-refractivity contribution in [3.8, 4) is 0 Å². The fraction of sp³-hybridized carbons (Fsp3) is 0.444. The summed E-state index contributed by atoms with van der Waals surface area (Å²) in [6.07, 6.45) is 5.20. The highest BCUT2D eigenvalue weighted by atomic mass is 35.5. The van der Waals surface area contributed by atoms with Crippen LogP contribution in [-0.4, -0.2) is 51.4 Å². The molecule has 0 unspecified atom stereocenters. The van der Waals surface area contributed by atoms with E-state index in [9.17, 15) is 4.79 Å². The number of rotatable bonds is 4. The van der Waals surface area contributed by atoms with Gasteiger partial charge in [-0.1, -0.05) is 23.7 Å². The number of aromatic nitrogens is 2. The van der Waals surface area contributed by atoms with Crippen LogP contribution in [0.3, 0.4) is 0 Å². The second-order valence-corrected chi connectivity index (χ2v) is 6.71. The second-order valence-electron chi connectivity index (χ2n) is 6.27. The molecule has 2 heterocycles. The normalized spacial score (nSPS) is 16.2. The van der Waals surface area contributed by atoms with Crippen molar-refractivity contribution in [3.63, 3.8) is 0 Å². The first kappa shape index (κ1) is 17.0. The SMILES string of the molecule is Cn1ccnc1CN1CCCN(C(=O)Cc2cccc(Cl)c2)CC1. The predicted octanol–water partition coefficient (Wildman–Crippen LogP) is 2.35. The van der Waals surface area contributed by atoms with E-state index in [0.717, 1.165) is 50.5 Å². The minimum absolute atomic E-state index is 0.177. The molecule has 3 rings (SSSR count). The van der Waals surface area contributed by atoms with Crippen LogP contribution in [0.25, 0.3) is 0 Å². The smallest absolute Gasteiger partial charge is 0.227 e. The molecule has 0 bridgehead atoms. The topological polar surface area (TPSA) is 41.4 Å². The molecule has 1 fully saturated rings. The predicted molar refractivity (Wildman–Crippen MR) is 94.8 cm³/mol. The van der Waals surface area contributed by atoms with E-state index < -0.39 is 0 Å². The highest BCUT2D eigenvalue weighted by molar-refractivity contribution is 6.30. The molecule has 0 atom stereocenters. The number of halogens is 1. The van der Waals surface area contributed by atoms with Crippen LogP contribution >= 0.6 is 11.6 Å². The molecule has 2 aromatic rings. The van der Waals surface area contributed by atoms with Gasteiger partial charge in [-0.2, -0.15) is 0 Å². The van der Waals surface area contributed by atoms with Crippen LogP contribution in [0.4, 0.5) is 0 Å². The molecule has 5 nitrogen and oxygen atoms in total. The average molecular weight is 347 g/mol. The van der Waals surface area contributed by atoms with Gasteiger partial charge in [-0.3, -0.25) is 9.69 Å². The van der Waals surface area contributed by atoms with Gasteiger partial charge in [0.05, 0.1) is 13.0 Å². The quantitative estimate of drug-likeness (QED) is 0.853. The van der Waals surface area contributed by atoms with E-state index in [1.54, 1.807) is 0 Å². The fourth-order valence-electron chi connectivity index (χ4n) is 3.06. The van der Waals surface area contributed by atoms with Crippen LogP contribution < -0.4 is 0 Å². The van der Waals surface area contributed by atoms with E-state index in [1.165, 1.54) is 0 Å². The highest BCUT2D eigenvalue weighted by Gasteiger charge is 2.20. The van der Waals surface area contributed by atoms with E-state index >= 15 is 0 Å². The molecule has 1 saturated heterocycles. The van der Waals surface area contributed by atoms with Crippen molar-refractivity contribution in [2.75, 3.05) is 26.2 Å². The molecule has 0 spiro atoms. The summed E-state index contributed by atoms with van der Waals surface area (Å²) in [6.45, 7) is 4.29. The van der Waals surface area contributed by atoms with E-state index in [-0.39, 0.29) is 5.91 Å². The monoisotopic (exact) mass is 346 g/mol. The van der Waals surface area contributed by atoms with Crippen LogP contribution in [0.15, 0.2) is 36.7 Å². The van der Waals surface area contributed by atoms with Crippen molar-refractivity contribution in [1.29, 1.82) is 0 Å². The van der Waals surface area contributed by atoms with Crippen molar-refractivity contribution >= 4 is 17.5 Å². The average Bonchev–Trinajstić information content (AvgIpc) is 2.81. The van der Waals surface area contributed by atoms with E-state index in [0.29, 0.717) is 11.4 Å². The third-order valence-corrected chi connectivity index (χ3v) is 4.71. The summed E-state index contributed by atoms with van der Waals surface area (Å²) < 4.78 is 2.05. The minimum Gasteiger partial charge on any atom is -0.341 e. The Balaban J connectivity index is 1.55. The van der Waals surface area contributed by atoms with Gasteiger partial charge in [-0.05, 0) is 24.1 Å². The van der Waals surface area contributed by atoms with Crippen LogP contribution in [0, 0.1) is 0 Å². The third kappa shape index (κ3) is 4.36. The molecule has 1 aliphatic rings. The molecule has 128 valence electrons. The molecule has 6 heteroatoms. The van der Waals surface area contributed by atoms with Crippen molar-refractivity contribution < 1.29 is 4.79 Å². The van der Waals surface area contributed by atoms with Crippen molar-refractivity contribution in [2.24, 2.45) is 7.05 Å². The Morgan fingerprint density at radius 3 is 2.88 bits per heavy atom. The summed E-state index contributed by atoms with van der Waals surface area (Å²) in [5.74, 6) is 1.24. The molecular weight excluding hydrogens is 324 g/mol. The Morgan fingerprint density at radius 1 is 1.25 bits per heavy atom. The van der Waals surface area contributed by atoms with Gasteiger partial charge in [0, 0.05) is 50.6 Å². The number of aryl methyl sites for hydroxylation is 1. The van der Waals surface area contributed by atoms with Gasteiger partial charge in [0.25, 0.3) is 0 Å².